The van der Waals surface area contributed by atoms with Crippen molar-refractivity contribution in [3.05, 3.63) is 62.2 Å². The SMILES string of the molecule is Cc1ccc2c(Cl)cc(Cl)c(OCC(=O)OCC(=O)Nc3cc(Cl)cc(Cl)c3)c2n1. The highest BCUT2D eigenvalue weighted by molar-refractivity contribution is 6.39. The van der Waals surface area contributed by atoms with Gasteiger partial charge in [-0.1, -0.05) is 46.4 Å². The minimum Gasteiger partial charge on any atom is -0.478 e. The van der Waals surface area contributed by atoms with Gasteiger partial charge in [0.2, 0.25) is 0 Å². The van der Waals surface area contributed by atoms with E-state index in [1.54, 1.807) is 19.1 Å². The van der Waals surface area contributed by atoms with Crippen LogP contribution in [0.25, 0.3) is 10.9 Å². The molecule has 2 aromatic carbocycles. The standard InChI is InChI=1S/C20H14Cl4N2O4/c1-10-2-3-14-15(23)7-16(24)20(19(14)25-10)30-9-18(28)29-8-17(27)26-13-5-11(21)4-12(22)6-13/h2-7H,8-9H2,1H3,(H,26,27). The van der Waals surface area contributed by atoms with Crippen molar-refractivity contribution in [3.63, 3.8) is 0 Å². The summed E-state index contributed by atoms with van der Waals surface area (Å²) in [7, 11) is 0. The molecule has 10 heteroatoms. The maximum atomic E-state index is 12.0. The minimum absolute atomic E-state index is 0.203. The predicted octanol–water partition coefficient (Wildman–Crippen LogP) is 5.72. The molecule has 1 amide bonds. The molecule has 0 radical (unpaired) electrons. The number of aryl methyl sites for hydroxylation is 1. The van der Waals surface area contributed by atoms with Gasteiger partial charge >= 0.3 is 5.97 Å². The van der Waals surface area contributed by atoms with Crippen molar-refractivity contribution in [1.29, 1.82) is 0 Å². The first kappa shape index (κ1) is 22.4. The summed E-state index contributed by atoms with van der Waals surface area (Å²) in [6.07, 6.45) is 0. The van der Waals surface area contributed by atoms with E-state index in [9.17, 15) is 9.59 Å². The van der Waals surface area contributed by atoms with Crippen molar-refractivity contribution in [1.82, 2.24) is 4.98 Å². The molecule has 0 bridgehead atoms. The molecular formula is C20H14Cl4N2O4. The van der Waals surface area contributed by atoms with Crippen LogP contribution in [0.2, 0.25) is 20.1 Å². The van der Waals surface area contributed by atoms with E-state index in [2.05, 4.69) is 10.3 Å². The van der Waals surface area contributed by atoms with Crippen LogP contribution in [0.4, 0.5) is 5.69 Å². The predicted molar refractivity (Wildman–Crippen MR) is 118 cm³/mol. The fraction of sp³-hybridized carbons (Fsp3) is 0.150. The molecule has 3 rings (SSSR count). The Morgan fingerprint density at radius 2 is 1.67 bits per heavy atom. The number of hydrogen-bond donors (Lipinski definition) is 1. The van der Waals surface area contributed by atoms with Crippen molar-refractivity contribution in [3.8, 4) is 5.75 Å². The summed E-state index contributed by atoms with van der Waals surface area (Å²) in [5, 5.41) is 4.50. The van der Waals surface area contributed by atoms with Gasteiger partial charge in [-0.3, -0.25) is 4.79 Å². The Morgan fingerprint density at radius 3 is 2.37 bits per heavy atom. The minimum atomic E-state index is -0.763. The molecule has 3 aromatic rings. The third-order valence-corrected chi connectivity index (χ3v) is 4.85. The molecule has 0 atom stereocenters. The number of halogens is 4. The molecule has 30 heavy (non-hydrogen) atoms. The number of rotatable bonds is 6. The quantitative estimate of drug-likeness (QED) is 0.450. The summed E-state index contributed by atoms with van der Waals surface area (Å²) in [5.74, 6) is -1.12. The number of benzene rings is 2. The summed E-state index contributed by atoms with van der Waals surface area (Å²) < 4.78 is 10.4. The van der Waals surface area contributed by atoms with Crippen LogP contribution in [0.5, 0.6) is 5.75 Å². The molecule has 0 unspecified atom stereocenters. The number of carbonyl (C=O) groups is 2. The first-order valence-corrected chi connectivity index (χ1v) is 10.0. The maximum Gasteiger partial charge on any atom is 0.344 e. The number of amides is 1. The number of pyridine rings is 1. The zero-order valence-corrected chi connectivity index (χ0v) is 18.5. The molecule has 0 fully saturated rings. The lowest BCUT2D eigenvalue weighted by molar-refractivity contribution is -0.149. The van der Waals surface area contributed by atoms with Gasteiger partial charge in [0.1, 0.15) is 5.52 Å². The van der Waals surface area contributed by atoms with Crippen LogP contribution >= 0.6 is 46.4 Å². The molecule has 6 nitrogen and oxygen atoms in total. The van der Waals surface area contributed by atoms with Crippen molar-refractivity contribution < 1.29 is 19.1 Å². The van der Waals surface area contributed by atoms with Crippen LogP contribution in [0.15, 0.2) is 36.4 Å². The van der Waals surface area contributed by atoms with Crippen LogP contribution < -0.4 is 10.1 Å². The average Bonchev–Trinajstić information content (AvgIpc) is 2.65. The lowest BCUT2D eigenvalue weighted by Gasteiger charge is -2.12. The van der Waals surface area contributed by atoms with Crippen molar-refractivity contribution in [2.24, 2.45) is 0 Å². The molecule has 0 aliphatic heterocycles. The van der Waals surface area contributed by atoms with Gasteiger partial charge in [-0.05, 0) is 43.3 Å². The van der Waals surface area contributed by atoms with Gasteiger partial charge < -0.3 is 14.8 Å². The highest BCUT2D eigenvalue weighted by atomic mass is 35.5. The second-order valence-corrected chi connectivity index (χ2v) is 7.86. The summed E-state index contributed by atoms with van der Waals surface area (Å²) in [6.45, 7) is 0.819. The van der Waals surface area contributed by atoms with E-state index in [1.165, 1.54) is 24.3 Å². The summed E-state index contributed by atoms with van der Waals surface area (Å²) >= 11 is 24.1. The molecule has 1 N–H and O–H groups in total. The van der Waals surface area contributed by atoms with E-state index >= 15 is 0 Å². The number of nitrogens with one attached hydrogen (secondary N) is 1. The van der Waals surface area contributed by atoms with E-state index in [0.29, 0.717) is 31.7 Å². The maximum absolute atomic E-state index is 12.0. The monoisotopic (exact) mass is 486 g/mol. The lowest BCUT2D eigenvalue weighted by Crippen LogP contribution is -2.23. The van der Waals surface area contributed by atoms with Gasteiger partial charge in [0.25, 0.3) is 5.91 Å². The number of esters is 1. The van der Waals surface area contributed by atoms with Crippen LogP contribution in [0.1, 0.15) is 5.69 Å². The molecular weight excluding hydrogens is 474 g/mol. The summed E-state index contributed by atoms with van der Waals surface area (Å²) in [6, 6.07) is 9.64. The van der Waals surface area contributed by atoms with E-state index in [1.807, 2.05) is 0 Å². The third-order valence-electron chi connectivity index (χ3n) is 3.82. The Balaban J connectivity index is 1.60. The molecule has 0 spiro atoms. The van der Waals surface area contributed by atoms with Gasteiger partial charge in [0, 0.05) is 26.8 Å². The lowest BCUT2D eigenvalue weighted by atomic mass is 10.2. The molecule has 1 aromatic heterocycles. The number of ether oxygens (including phenoxy) is 2. The van der Waals surface area contributed by atoms with Gasteiger partial charge in [-0.2, -0.15) is 0 Å². The number of hydrogen-bond acceptors (Lipinski definition) is 5. The van der Waals surface area contributed by atoms with Crippen molar-refractivity contribution in [2.75, 3.05) is 18.5 Å². The van der Waals surface area contributed by atoms with E-state index in [-0.39, 0.29) is 10.8 Å². The number of nitrogens with zero attached hydrogens (tertiary/aromatic N) is 1. The molecule has 0 saturated carbocycles. The normalized spacial score (nSPS) is 10.7. The Bertz CT molecular complexity index is 1120. The number of anilines is 1. The number of carbonyl (C=O) groups excluding carboxylic acids is 2. The highest BCUT2D eigenvalue weighted by Gasteiger charge is 2.16. The number of aromatic nitrogens is 1. The Labute approximate surface area is 192 Å². The second-order valence-electron chi connectivity index (χ2n) is 6.17. The fourth-order valence-electron chi connectivity index (χ4n) is 2.57. The average molecular weight is 488 g/mol. The Kier molecular flexibility index (Phi) is 7.26. The van der Waals surface area contributed by atoms with Crippen LogP contribution in [-0.2, 0) is 14.3 Å². The third kappa shape index (κ3) is 5.67. The fourth-order valence-corrected chi connectivity index (χ4v) is 3.67. The molecule has 0 aliphatic carbocycles. The molecule has 156 valence electrons. The van der Waals surface area contributed by atoms with E-state index < -0.39 is 25.1 Å². The largest absolute Gasteiger partial charge is 0.478 e. The first-order chi connectivity index (χ1) is 14.2. The second kappa shape index (κ2) is 9.71. The molecule has 1 heterocycles. The summed E-state index contributed by atoms with van der Waals surface area (Å²) in [5.41, 5.74) is 1.53. The molecule has 0 aliphatic rings. The topological polar surface area (TPSA) is 77.5 Å². The number of fused-ring (bicyclic) bond motifs is 1. The van der Waals surface area contributed by atoms with Crippen LogP contribution in [0, 0.1) is 6.92 Å². The van der Waals surface area contributed by atoms with Crippen LogP contribution in [-0.4, -0.2) is 30.1 Å². The highest BCUT2D eigenvalue weighted by Crippen LogP contribution is 2.37. The van der Waals surface area contributed by atoms with E-state index in [4.69, 9.17) is 55.9 Å². The first-order valence-electron chi connectivity index (χ1n) is 8.52. The zero-order valence-electron chi connectivity index (χ0n) is 15.5. The van der Waals surface area contributed by atoms with Crippen LogP contribution in [0.3, 0.4) is 0 Å². The summed E-state index contributed by atoms with van der Waals surface area (Å²) in [4.78, 5) is 28.3. The van der Waals surface area contributed by atoms with Crippen molar-refractivity contribution >= 4 is 74.9 Å². The van der Waals surface area contributed by atoms with Gasteiger partial charge in [0.15, 0.2) is 19.0 Å². The van der Waals surface area contributed by atoms with Gasteiger partial charge in [-0.15, -0.1) is 0 Å². The Morgan fingerprint density at radius 1 is 0.967 bits per heavy atom. The van der Waals surface area contributed by atoms with E-state index in [0.717, 1.165) is 5.69 Å². The van der Waals surface area contributed by atoms with Gasteiger partial charge in [0.05, 0.1) is 10.0 Å². The van der Waals surface area contributed by atoms with Crippen molar-refractivity contribution in [2.45, 2.75) is 6.92 Å². The smallest absolute Gasteiger partial charge is 0.344 e. The van der Waals surface area contributed by atoms with Gasteiger partial charge in [-0.25, -0.2) is 9.78 Å². The molecule has 0 saturated heterocycles. The zero-order chi connectivity index (χ0) is 21.8. The Hall–Kier alpha value is -2.25.